The maximum Gasteiger partial charge on any atom is 0.200 e. The highest BCUT2D eigenvalue weighted by Gasteiger charge is 2.24. The third kappa shape index (κ3) is 7.45. The van der Waals surface area contributed by atoms with Crippen molar-refractivity contribution >= 4 is 6.29 Å². The molecule has 152 valence electrons. The average Bonchev–Trinajstić information content (AvgIpc) is 2.74. The van der Waals surface area contributed by atoms with Gasteiger partial charge >= 0.3 is 0 Å². The molecule has 28 heavy (non-hydrogen) atoms. The zero-order valence-corrected chi connectivity index (χ0v) is 16.9. The Kier molecular flexibility index (Phi) is 10.4. The van der Waals surface area contributed by atoms with E-state index < -0.39 is 5.41 Å². The summed E-state index contributed by atoms with van der Waals surface area (Å²) in [5.74, 6) is 0.426. The van der Waals surface area contributed by atoms with Gasteiger partial charge in [-0.05, 0) is 62.5 Å². The molecule has 1 aromatic rings. The van der Waals surface area contributed by atoms with Gasteiger partial charge in [0, 0.05) is 0 Å². The minimum Gasteiger partial charge on any atom is -0.504 e. The molecule has 1 rings (SSSR count). The van der Waals surface area contributed by atoms with Gasteiger partial charge in [-0.25, -0.2) is 0 Å². The van der Waals surface area contributed by atoms with Crippen LogP contribution in [0.3, 0.4) is 0 Å². The molecule has 0 aliphatic rings. The first-order chi connectivity index (χ1) is 13.5. The molecule has 0 heterocycles. The lowest BCUT2D eigenvalue weighted by molar-refractivity contribution is -0.107. The van der Waals surface area contributed by atoms with Gasteiger partial charge in [0.2, 0.25) is 5.76 Å². The fourth-order valence-electron chi connectivity index (χ4n) is 2.80. The van der Waals surface area contributed by atoms with E-state index in [4.69, 9.17) is 9.47 Å². The number of ether oxygens (including phenoxy) is 2. The maximum atomic E-state index is 10.8. The summed E-state index contributed by atoms with van der Waals surface area (Å²) in [7, 11) is 2.97. The molecule has 0 saturated carbocycles. The number of rotatable bonds is 13. The van der Waals surface area contributed by atoms with E-state index in [1.807, 2.05) is 25.1 Å². The molecule has 1 atom stereocenters. The van der Waals surface area contributed by atoms with Crippen LogP contribution < -0.4 is 10.1 Å². The molecule has 1 aromatic carbocycles. The monoisotopic (exact) mass is 386 g/mol. The molecule has 0 aliphatic heterocycles. The smallest absolute Gasteiger partial charge is 0.200 e. The second-order valence-corrected chi connectivity index (χ2v) is 6.48. The van der Waals surface area contributed by atoms with Crippen molar-refractivity contribution in [1.82, 2.24) is 5.32 Å². The Balaban J connectivity index is 2.49. The van der Waals surface area contributed by atoms with E-state index in [0.29, 0.717) is 19.1 Å². The van der Waals surface area contributed by atoms with Crippen molar-refractivity contribution in [3.63, 3.8) is 0 Å². The van der Waals surface area contributed by atoms with E-state index in [9.17, 15) is 15.2 Å². The number of allylic oxidation sites excluding steroid dienone is 3. The van der Waals surface area contributed by atoms with E-state index in [2.05, 4.69) is 17.5 Å². The Morgan fingerprint density at radius 2 is 2.14 bits per heavy atom. The Morgan fingerprint density at radius 3 is 2.75 bits per heavy atom. The molecule has 0 bridgehead atoms. The molecule has 0 spiro atoms. The number of methoxy groups -OCH3 is 2. The maximum absolute atomic E-state index is 10.8. The quantitative estimate of drug-likeness (QED) is 0.177. The first kappa shape index (κ1) is 23.3. The van der Waals surface area contributed by atoms with Gasteiger partial charge in [-0.2, -0.15) is 5.26 Å². The van der Waals surface area contributed by atoms with Crippen molar-refractivity contribution in [3.8, 4) is 11.8 Å². The van der Waals surface area contributed by atoms with Crippen molar-refractivity contribution in [3.05, 3.63) is 53.5 Å². The molecule has 0 saturated heterocycles. The largest absolute Gasteiger partial charge is 0.504 e. The second kappa shape index (κ2) is 12.6. The summed E-state index contributed by atoms with van der Waals surface area (Å²) >= 11 is 0. The van der Waals surface area contributed by atoms with Crippen LogP contribution in [0.15, 0.2) is 47.9 Å². The van der Waals surface area contributed by atoms with Gasteiger partial charge in [0.05, 0.1) is 25.7 Å². The molecule has 0 radical (unpaired) electrons. The predicted molar refractivity (Wildman–Crippen MR) is 109 cm³/mol. The molecule has 0 amide bonds. The lowest BCUT2D eigenvalue weighted by Gasteiger charge is -2.21. The number of nitrogens with zero attached hydrogens (tertiary/aromatic N) is 1. The first-order valence-electron chi connectivity index (χ1n) is 9.40. The molecular formula is C22H30N2O4. The number of aldehydes is 1. The van der Waals surface area contributed by atoms with Gasteiger partial charge < -0.3 is 19.9 Å². The molecule has 2 N–H and O–H groups in total. The van der Waals surface area contributed by atoms with Crippen LogP contribution in [0.4, 0.5) is 0 Å². The summed E-state index contributed by atoms with van der Waals surface area (Å²) in [6.07, 6.45) is 6.45. The van der Waals surface area contributed by atoms with E-state index in [0.717, 1.165) is 31.7 Å². The summed E-state index contributed by atoms with van der Waals surface area (Å²) in [6.45, 7) is 3.57. The number of nitrogens with one attached hydrogen (secondary N) is 1. The number of carbonyl (C=O) groups is 1. The molecule has 0 fully saturated rings. The van der Waals surface area contributed by atoms with Crippen molar-refractivity contribution < 1.29 is 19.4 Å². The number of hydrogen-bond acceptors (Lipinski definition) is 6. The number of aliphatic hydroxyl groups is 1. The number of carbonyl (C=O) groups excluding carboxylic acids is 1. The lowest BCUT2D eigenvalue weighted by atomic mass is 9.81. The fraction of sp³-hybridized carbons (Fsp3) is 0.455. The number of benzene rings is 1. The van der Waals surface area contributed by atoms with Gasteiger partial charge in [0.25, 0.3) is 0 Å². The fourth-order valence-corrected chi connectivity index (χ4v) is 2.80. The van der Waals surface area contributed by atoms with Crippen LogP contribution in [-0.2, 0) is 16.0 Å². The highest BCUT2D eigenvalue weighted by atomic mass is 16.5. The number of hydrogen-bond donors (Lipinski definition) is 2. The molecule has 6 heteroatoms. The third-order valence-electron chi connectivity index (χ3n) is 4.69. The van der Waals surface area contributed by atoms with Crippen molar-refractivity contribution in [1.29, 1.82) is 5.26 Å². The van der Waals surface area contributed by atoms with E-state index >= 15 is 0 Å². The van der Waals surface area contributed by atoms with Crippen molar-refractivity contribution in [2.24, 2.45) is 5.41 Å². The number of nitriles is 1. The average molecular weight is 386 g/mol. The summed E-state index contributed by atoms with van der Waals surface area (Å²) in [5, 5.41) is 22.9. The van der Waals surface area contributed by atoms with Crippen molar-refractivity contribution in [2.45, 2.75) is 32.6 Å². The summed E-state index contributed by atoms with van der Waals surface area (Å²) in [6, 6.07) is 10.3. The van der Waals surface area contributed by atoms with Gasteiger partial charge in [0.1, 0.15) is 5.75 Å². The lowest BCUT2D eigenvalue weighted by Crippen LogP contribution is -2.22. The topological polar surface area (TPSA) is 91.6 Å². The zero-order valence-electron chi connectivity index (χ0n) is 16.9. The van der Waals surface area contributed by atoms with Crippen LogP contribution in [0, 0.1) is 16.7 Å². The Hall–Kier alpha value is -2.78. The van der Waals surface area contributed by atoms with Gasteiger partial charge in [0.15, 0.2) is 12.0 Å². The normalized spacial score (nSPS) is 14.1. The minimum atomic E-state index is -0.690. The van der Waals surface area contributed by atoms with Crippen LogP contribution in [0.1, 0.15) is 31.7 Å². The molecule has 0 aromatic heterocycles. The summed E-state index contributed by atoms with van der Waals surface area (Å²) in [5.41, 5.74) is 0.519. The highest BCUT2D eigenvalue weighted by Crippen LogP contribution is 2.29. The Labute approximate surface area is 167 Å². The summed E-state index contributed by atoms with van der Waals surface area (Å²) in [4.78, 5) is 10.8. The van der Waals surface area contributed by atoms with E-state index in [1.165, 1.54) is 18.7 Å². The van der Waals surface area contributed by atoms with E-state index in [1.54, 1.807) is 13.2 Å². The van der Waals surface area contributed by atoms with Crippen LogP contribution in [0.5, 0.6) is 5.75 Å². The van der Waals surface area contributed by atoms with Gasteiger partial charge in [-0.3, -0.25) is 4.79 Å². The molecular weight excluding hydrogens is 356 g/mol. The van der Waals surface area contributed by atoms with Crippen LogP contribution in [0.2, 0.25) is 0 Å². The van der Waals surface area contributed by atoms with Crippen LogP contribution in [-0.4, -0.2) is 38.7 Å². The second-order valence-electron chi connectivity index (χ2n) is 6.48. The van der Waals surface area contributed by atoms with Gasteiger partial charge in [-0.1, -0.05) is 25.1 Å². The molecule has 0 aliphatic carbocycles. The van der Waals surface area contributed by atoms with Crippen molar-refractivity contribution in [2.75, 3.05) is 27.3 Å². The SMILES string of the molecule is CCC(C#N)(/C=C/C(O)=C(\C=O)OC)CCCNCCc1cccc(OC)c1. The van der Waals surface area contributed by atoms with E-state index in [-0.39, 0.29) is 11.5 Å². The van der Waals surface area contributed by atoms with Crippen LogP contribution in [0.25, 0.3) is 0 Å². The molecule has 6 nitrogen and oxygen atoms in total. The standard InChI is InChI=1S/C22H30N2O4/c1-4-22(17-23,12-9-20(26)21(16-25)28-3)11-6-13-24-14-10-18-7-5-8-19(15-18)27-2/h5,7-9,12,15-16,24,26H,4,6,10-11,13-14H2,1-3H3/b12-9+,21-20-. The van der Waals surface area contributed by atoms with Gasteiger partial charge in [-0.15, -0.1) is 0 Å². The van der Waals surface area contributed by atoms with Crippen LogP contribution >= 0.6 is 0 Å². The predicted octanol–water partition coefficient (Wildman–Crippen LogP) is 3.70. The zero-order chi connectivity index (χ0) is 20.8. The molecule has 1 unspecified atom stereocenters. The summed E-state index contributed by atoms with van der Waals surface area (Å²) < 4.78 is 10.0. The Bertz CT molecular complexity index is 721. The minimum absolute atomic E-state index is 0.154. The highest BCUT2D eigenvalue weighted by molar-refractivity contribution is 5.71. The Morgan fingerprint density at radius 1 is 1.36 bits per heavy atom. The first-order valence-corrected chi connectivity index (χ1v) is 9.40. The third-order valence-corrected chi connectivity index (χ3v) is 4.69. The number of aliphatic hydroxyl groups excluding tert-OH is 1.